The summed E-state index contributed by atoms with van der Waals surface area (Å²) < 4.78 is 13.0. The standard InChI is InChI=1S/C16H17ClFNO/c17-14-6-4-12(5-7-14)8-9-19-11-16(20)13-2-1-3-15(18)10-13/h1-7,10,16,19-20H,8-9,11H2. The zero-order valence-electron chi connectivity index (χ0n) is 11.0. The minimum absolute atomic E-state index is 0.331. The Balaban J connectivity index is 1.74. The summed E-state index contributed by atoms with van der Waals surface area (Å²) in [5.74, 6) is -0.331. The van der Waals surface area contributed by atoms with Crippen molar-refractivity contribution in [3.63, 3.8) is 0 Å². The van der Waals surface area contributed by atoms with Gasteiger partial charge in [0.15, 0.2) is 0 Å². The van der Waals surface area contributed by atoms with Gasteiger partial charge in [-0.2, -0.15) is 0 Å². The predicted octanol–water partition coefficient (Wildman–Crippen LogP) is 3.34. The van der Waals surface area contributed by atoms with Crippen molar-refractivity contribution < 1.29 is 9.50 Å². The highest BCUT2D eigenvalue weighted by Crippen LogP contribution is 2.13. The highest BCUT2D eigenvalue weighted by atomic mass is 35.5. The fourth-order valence-electron chi connectivity index (χ4n) is 1.95. The Labute approximate surface area is 123 Å². The molecule has 0 aliphatic carbocycles. The molecule has 1 unspecified atom stereocenters. The number of halogens is 2. The van der Waals surface area contributed by atoms with E-state index in [0.29, 0.717) is 12.1 Å². The van der Waals surface area contributed by atoms with E-state index in [4.69, 9.17) is 11.6 Å². The van der Waals surface area contributed by atoms with Gasteiger partial charge in [0.2, 0.25) is 0 Å². The third-order valence-electron chi connectivity index (χ3n) is 3.07. The predicted molar refractivity (Wildman–Crippen MR) is 79.4 cm³/mol. The Morgan fingerprint density at radius 1 is 1.15 bits per heavy atom. The zero-order valence-corrected chi connectivity index (χ0v) is 11.8. The molecule has 0 aromatic heterocycles. The molecule has 0 saturated heterocycles. The van der Waals surface area contributed by atoms with Gasteiger partial charge < -0.3 is 10.4 Å². The van der Waals surface area contributed by atoms with Gasteiger partial charge in [0, 0.05) is 11.6 Å². The van der Waals surface area contributed by atoms with Gasteiger partial charge in [0.25, 0.3) is 0 Å². The van der Waals surface area contributed by atoms with Crippen LogP contribution >= 0.6 is 11.6 Å². The van der Waals surface area contributed by atoms with E-state index in [1.165, 1.54) is 17.7 Å². The van der Waals surface area contributed by atoms with E-state index in [1.807, 2.05) is 24.3 Å². The highest BCUT2D eigenvalue weighted by molar-refractivity contribution is 6.30. The maximum Gasteiger partial charge on any atom is 0.123 e. The lowest BCUT2D eigenvalue weighted by atomic mass is 10.1. The molecule has 4 heteroatoms. The third-order valence-corrected chi connectivity index (χ3v) is 3.33. The summed E-state index contributed by atoms with van der Waals surface area (Å²) in [7, 11) is 0. The average Bonchev–Trinajstić information content (AvgIpc) is 2.45. The molecule has 0 aliphatic rings. The van der Waals surface area contributed by atoms with Gasteiger partial charge in [-0.15, -0.1) is 0 Å². The molecule has 2 aromatic rings. The first-order valence-electron chi connectivity index (χ1n) is 6.54. The molecule has 0 amide bonds. The van der Waals surface area contributed by atoms with E-state index < -0.39 is 6.10 Å². The van der Waals surface area contributed by atoms with Crippen LogP contribution in [0.15, 0.2) is 48.5 Å². The Morgan fingerprint density at radius 3 is 2.60 bits per heavy atom. The summed E-state index contributed by atoms with van der Waals surface area (Å²) in [4.78, 5) is 0. The van der Waals surface area contributed by atoms with Crippen LogP contribution in [-0.2, 0) is 6.42 Å². The first kappa shape index (κ1) is 15.0. The zero-order chi connectivity index (χ0) is 14.4. The van der Waals surface area contributed by atoms with Crippen LogP contribution in [0.1, 0.15) is 17.2 Å². The minimum Gasteiger partial charge on any atom is -0.387 e. The number of nitrogens with one attached hydrogen (secondary N) is 1. The number of aliphatic hydroxyl groups excluding tert-OH is 1. The van der Waals surface area contributed by atoms with Gasteiger partial charge in [-0.3, -0.25) is 0 Å². The molecule has 2 nitrogen and oxygen atoms in total. The van der Waals surface area contributed by atoms with E-state index in [2.05, 4.69) is 5.32 Å². The number of rotatable bonds is 6. The Morgan fingerprint density at radius 2 is 1.90 bits per heavy atom. The van der Waals surface area contributed by atoms with Gasteiger partial charge in [0.1, 0.15) is 5.82 Å². The van der Waals surface area contributed by atoms with Crippen LogP contribution in [0, 0.1) is 5.82 Å². The van der Waals surface area contributed by atoms with Crippen LogP contribution in [0.5, 0.6) is 0 Å². The van der Waals surface area contributed by atoms with Crippen LogP contribution < -0.4 is 5.32 Å². The van der Waals surface area contributed by atoms with E-state index >= 15 is 0 Å². The number of hydrogen-bond donors (Lipinski definition) is 2. The van der Waals surface area contributed by atoms with E-state index in [1.54, 1.807) is 12.1 Å². The Bertz CT molecular complexity index is 544. The van der Waals surface area contributed by atoms with Crippen LogP contribution in [0.4, 0.5) is 4.39 Å². The molecule has 0 aliphatic heterocycles. The van der Waals surface area contributed by atoms with Gasteiger partial charge in [-0.25, -0.2) is 4.39 Å². The fourth-order valence-corrected chi connectivity index (χ4v) is 2.08. The van der Waals surface area contributed by atoms with Crippen molar-refractivity contribution in [2.24, 2.45) is 0 Å². The highest BCUT2D eigenvalue weighted by Gasteiger charge is 2.07. The molecule has 0 radical (unpaired) electrons. The molecule has 2 rings (SSSR count). The monoisotopic (exact) mass is 293 g/mol. The van der Waals surface area contributed by atoms with Crippen molar-refractivity contribution >= 4 is 11.6 Å². The summed E-state index contributed by atoms with van der Waals surface area (Å²) in [6.45, 7) is 1.14. The summed E-state index contributed by atoms with van der Waals surface area (Å²) in [5, 5.41) is 13.8. The molecule has 0 spiro atoms. The largest absolute Gasteiger partial charge is 0.387 e. The average molecular weight is 294 g/mol. The quantitative estimate of drug-likeness (QED) is 0.801. The van der Waals surface area contributed by atoms with Crippen molar-refractivity contribution in [3.05, 3.63) is 70.5 Å². The topological polar surface area (TPSA) is 32.3 Å². The molecule has 0 bridgehead atoms. The van der Waals surface area contributed by atoms with Crippen LogP contribution in [0.25, 0.3) is 0 Å². The molecular weight excluding hydrogens is 277 g/mol. The second kappa shape index (κ2) is 7.39. The molecule has 2 N–H and O–H groups in total. The molecular formula is C16H17ClFNO. The normalized spacial score (nSPS) is 12.3. The number of hydrogen-bond acceptors (Lipinski definition) is 2. The Hall–Kier alpha value is -1.42. The van der Waals surface area contributed by atoms with E-state index in [9.17, 15) is 9.50 Å². The lowest BCUT2D eigenvalue weighted by molar-refractivity contribution is 0.174. The SMILES string of the molecule is OC(CNCCc1ccc(Cl)cc1)c1cccc(F)c1. The molecule has 0 fully saturated rings. The molecule has 2 aromatic carbocycles. The number of aliphatic hydroxyl groups is 1. The molecule has 0 heterocycles. The maximum atomic E-state index is 13.0. The summed E-state index contributed by atoms with van der Waals surface area (Å²) in [6.07, 6.45) is 0.156. The molecule has 1 atom stereocenters. The molecule has 106 valence electrons. The molecule has 20 heavy (non-hydrogen) atoms. The fraction of sp³-hybridized carbons (Fsp3) is 0.250. The third kappa shape index (κ3) is 4.60. The van der Waals surface area contributed by atoms with Crippen molar-refractivity contribution in [2.75, 3.05) is 13.1 Å². The van der Waals surface area contributed by atoms with Gasteiger partial charge in [-0.1, -0.05) is 35.9 Å². The van der Waals surface area contributed by atoms with Crippen molar-refractivity contribution in [1.29, 1.82) is 0 Å². The van der Waals surface area contributed by atoms with Crippen LogP contribution in [0.2, 0.25) is 5.02 Å². The van der Waals surface area contributed by atoms with E-state index in [0.717, 1.165) is 18.0 Å². The van der Waals surface area contributed by atoms with Gasteiger partial charge in [-0.05, 0) is 48.4 Å². The van der Waals surface area contributed by atoms with Crippen LogP contribution in [-0.4, -0.2) is 18.2 Å². The summed E-state index contributed by atoms with van der Waals surface area (Å²) in [6, 6.07) is 13.7. The minimum atomic E-state index is -0.698. The Kier molecular flexibility index (Phi) is 5.53. The number of benzene rings is 2. The van der Waals surface area contributed by atoms with Crippen molar-refractivity contribution in [2.45, 2.75) is 12.5 Å². The van der Waals surface area contributed by atoms with Crippen LogP contribution in [0.3, 0.4) is 0 Å². The lowest BCUT2D eigenvalue weighted by Crippen LogP contribution is -2.23. The second-order valence-electron chi connectivity index (χ2n) is 4.65. The second-order valence-corrected chi connectivity index (χ2v) is 5.09. The van der Waals surface area contributed by atoms with Gasteiger partial charge >= 0.3 is 0 Å². The van der Waals surface area contributed by atoms with Crippen molar-refractivity contribution in [1.82, 2.24) is 5.32 Å². The van der Waals surface area contributed by atoms with E-state index in [-0.39, 0.29) is 5.82 Å². The van der Waals surface area contributed by atoms with Crippen molar-refractivity contribution in [3.8, 4) is 0 Å². The smallest absolute Gasteiger partial charge is 0.123 e. The summed E-state index contributed by atoms with van der Waals surface area (Å²) >= 11 is 5.82. The molecule has 0 saturated carbocycles. The first-order valence-corrected chi connectivity index (χ1v) is 6.91. The summed E-state index contributed by atoms with van der Waals surface area (Å²) in [5.41, 5.74) is 1.77. The maximum absolute atomic E-state index is 13.0. The van der Waals surface area contributed by atoms with Gasteiger partial charge in [0.05, 0.1) is 6.10 Å². The lowest BCUT2D eigenvalue weighted by Gasteiger charge is -2.12. The first-order chi connectivity index (χ1) is 9.65.